The summed E-state index contributed by atoms with van der Waals surface area (Å²) in [4.78, 5) is 48.5. The van der Waals surface area contributed by atoms with Crippen LogP contribution < -0.4 is 10.3 Å². The van der Waals surface area contributed by atoms with Gasteiger partial charge < -0.3 is 24.6 Å². The van der Waals surface area contributed by atoms with Crippen LogP contribution in [-0.4, -0.2) is 36.7 Å². The van der Waals surface area contributed by atoms with Crippen molar-refractivity contribution in [1.29, 1.82) is 0 Å². The first kappa shape index (κ1) is 27.3. The van der Waals surface area contributed by atoms with Gasteiger partial charge in [0.15, 0.2) is 0 Å². The lowest BCUT2D eigenvalue weighted by Gasteiger charge is -2.17. The van der Waals surface area contributed by atoms with Gasteiger partial charge in [0.1, 0.15) is 5.75 Å². The fourth-order valence-corrected chi connectivity index (χ4v) is 4.64. The van der Waals surface area contributed by atoms with Crippen LogP contribution in [0.15, 0.2) is 24.3 Å². The van der Waals surface area contributed by atoms with Crippen molar-refractivity contribution in [2.24, 2.45) is 11.7 Å². The second-order valence-corrected chi connectivity index (χ2v) is 10.2. The van der Waals surface area contributed by atoms with E-state index in [9.17, 15) is 13.9 Å². The van der Waals surface area contributed by atoms with Crippen LogP contribution in [0.4, 0.5) is 0 Å². The maximum Gasteiger partial charge on any atom is 0.524 e. The van der Waals surface area contributed by atoms with Crippen LogP contribution in [0.1, 0.15) is 48.4 Å². The molecule has 1 aromatic carbocycles. The molecule has 2 rings (SSSR count). The maximum atomic E-state index is 12.4. The van der Waals surface area contributed by atoms with Gasteiger partial charge in [-0.2, -0.15) is 0 Å². The number of nitrogens with two attached hydrogens (primary N) is 1. The first-order valence-corrected chi connectivity index (χ1v) is 13.4. The van der Waals surface area contributed by atoms with E-state index in [0.717, 1.165) is 18.5 Å². The zero-order chi connectivity index (χ0) is 25.0. The predicted octanol–water partition coefficient (Wildman–Crippen LogP) is 3.12. The van der Waals surface area contributed by atoms with Crippen molar-refractivity contribution in [3.8, 4) is 16.9 Å². The number of hydrogen-bond acceptors (Lipinski definition) is 5. The summed E-state index contributed by atoms with van der Waals surface area (Å²) in [6, 6.07) is 5.89. The maximum absolute atomic E-state index is 12.4. The number of benzene rings is 1. The molecule has 0 radical (unpaired) electrons. The highest BCUT2D eigenvalue weighted by Gasteiger charge is 2.26. The van der Waals surface area contributed by atoms with Crippen LogP contribution in [0.5, 0.6) is 5.75 Å². The Morgan fingerprint density at radius 1 is 1.12 bits per heavy atom. The summed E-state index contributed by atoms with van der Waals surface area (Å²) in [5.41, 5.74) is 8.38. The van der Waals surface area contributed by atoms with E-state index in [4.69, 9.17) is 25.3 Å². The van der Waals surface area contributed by atoms with Crippen LogP contribution in [0.25, 0.3) is 11.1 Å². The van der Waals surface area contributed by atoms with Crippen molar-refractivity contribution in [3.63, 3.8) is 0 Å². The zero-order valence-corrected chi connectivity index (χ0v) is 20.5. The standard InChI is InChI=1S/C20H30N2O9P2/c1-4-5-13(2)12-17-19(15-6-8-16(9-7-15)31-33(27,28)29)18(20(21)23)14(3)22(17)10-11-30-32(24,25)26/h6-9,13H,4-5,10-12H2,1-3H3,(H2,21,23)(H2,24,25,26)(H2,27,28,29). The predicted molar refractivity (Wildman–Crippen MR) is 122 cm³/mol. The smallest absolute Gasteiger partial charge is 0.404 e. The van der Waals surface area contributed by atoms with Crippen LogP contribution in [0.3, 0.4) is 0 Å². The van der Waals surface area contributed by atoms with E-state index in [-0.39, 0.29) is 30.4 Å². The molecule has 1 amide bonds. The normalized spacial score (nSPS) is 13.2. The first-order valence-electron chi connectivity index (χ1n) is 10.3. The van der Waals surface area contributed by atoms with Crippen molar-refractivity contribution >= 4 is 21.6 Å². The third-order valence-electron chi connectivity index (χ3n) is 5.14. The molecule has 6 N–H and O–H groups in total. The number of rotatable bonds is 12. The molecule has 2 aromatic rings. The molecule has 0 saturated carbocycles. The van der Waals surface area contributed by atoms with Gasteiger partial charge in [0.05, 0.1) is 12.2 Å². The van der Waals surface area contributed by atoms with E-state index in [1.807, 2.05) is 0 Å². The molecule has 1 atom stereocenters. The van der Waals surface area contributed by atoms with Crippen molar-refractivity contribution in [2.45, 2.75) is 46.6 Å². The third-order valence-corrected chi connectivity index (χ3v) is 6.11. The summed E-state index contributed by atoms with van der Waals surface area (Å²) in [7, 11) is -9.38. The van der Waals surface area contributed by atoms with Gasteiger partial charge in [-0.1, -0.05) is 38.8 Å². The van der Waals surface area contributed by atoms with Crippen LogP contribution in [0.2, 0.25) is 0 Å². The Balaban J connectivity index is 2.60. The molecule has 0 aliphatic carbocycles. The number of phosphoric ester groups is 2. The summed E-state index contributed by atoms with van der Waals surface area (Å²) in [5, 5.41) is 0. The minimum absolute atomic E-state index is 0.0418. The fourth-order valence-electron chi connectivity index (χ4n) is 3.92. The minimum Gasteiger partial charge on any atom is -0.404 e. The van der Waals surface area contributed by atoms with Gasteiger partial charge in [-0.15, -0.1) is 0 Å². The average Bonchev–Trinajstić information content (AvgIpc) is 2.92. The van der Waals surface area contributed by atoms with Crippen LogP contribution in [-0.2, 0) is 26.6 Å². The molecular weight excluding hydrogens is 474 g/mol. The van der Waals surface area contributed by atoms with Crippen LogP contribution in [0, 0.1) is 12.8 Å². The molecule has 33 heavy (non-hydrogen) atoms. The van der Waals surface area contributed by atoms with Gasteiger partial charge in [0.25, 0.3) is 5.91 Å². The molecule has 13 heteroatoms. The van der Waals surface area contributed by atoms with E-state index in [1.54, 1.807) is 23.6 Å². The summed E-state index contributed by atoms with van der Waals surface area (Å²) in [5.74, 6) is -0.473. The second-order valence-electron chi connectivity index (χ2n) is 7.83. The Bertz CT molecular complexity index is 1070. The number of carbonyl (C=O) groups is 1. The lowest BCUT2D eigenvalue weighted by molar-refractivity contribution is 0.0999. The number of aromatic nitrogens is 1. The molecule has 1 aromatic heterocycles. The SMILES string of the molecule is CCCC(C)Cc1c(-c2ccc(OP(=O)(O)O)cc2)c(C(N)=O)c(C)n1CCOP(=O)(O)O. The number of primary amides is 1. The van der Waals surface area contributed by atoms with Crippen molar-refractivity contribution in [2.75, 3.05) is 6.61 Å². The highest BCUT2D eigenvalue weighted by Crippen LogP contribution is 2.40. The van der Waals surface area contributed by atoms with Crippen LogP contribution >= 0.6 is 15.6 Å². The lowest BCUT2D eigenvalue weighted by Crippen LogP contribution is -2.14. The van der Waals surface area contributed by atoms with E-state index >= 15 is 0 Å². The first-order chi connectivity index (χ1) is 15.2. The number of hydrogen-bond donors (Lipinski definition) is 5. The molecule has 1 unspecified atom stereocenters. The van der Waals surface area contributed by atoms with Crippen molar-refractivity contribution < 1.29 is 42.5 Å². The number of nitrogens with zero attached hydrogens (tertiary/aromatic N) is 1. The van der Waals surface area contributed by atoms with E-state index < -0.39 is 21.6 Å². The minimum atomic E-state index is -4.72. The fraction of sp³-hybridized carbons (Fsp3) is 0.450. The molecule has 11 nitrogen and oxygen atoms in total. The Hall–Kier alpha value is -1.97. The van der Waals surface area contributed by atoms with Crippen molar-refractivity contribution in [3.05, 3.63) is 41.2 Å². The Morgan fingerprint density at radius 3 is 2.21 bits per heavy atom. The largest absolute Gasteiger partial charge is 0.524 e. The van der Waals surface area contributed by atoms with E-state index in [0.29, 0.717) is 23.2 Å². The molecule has 0 fully saturated rings. The highest BCUT2D eigenvalue weighted by atomic mass is 31.2. The molecule has 0 bridgehead atoms. The Kier molecular flexibility index (Phi) is 9.07. The molecule has 0 spiro atoms. The van der Waals surface area contributed by atoms with Gasteiger partial charge >= 0.3 is 15.6 Å². The van der Waals surface area contributed by atoms with Gasteiger partial charge in [-0.25, -0.2) is 9.13 Å². The topological polar surface area (TPSA) is 182 Å². The van der Waals surface area contributed by atoms with Gasteiger partial charge in [-0.05, 0) is 37.0 Å². The molecule has 0 saturated heterocycles. The molecular formula is C20H30N2O9P2. The quantitative estimate of drug-likeness (QED) is 0.271. The molecule has 1 heterocycles. The Labute approximate surface area is 192 Å². The summed E-state index contributed by atoms with van der Waals surface area (Å²) in [6.07, 6.45) is 2.44. The number of carbonyl (C=O) groups excluding carboxylic acids is 1. The third kappa shape index (κ3) is 7.79. The van der Waals surface area contributed by atoms with Gasteiger partial charge in [0.2, 0.25) is 0 Å². The zero-order valence-electron chi connectivity index (χ0n) is 18.7. The number of amides is 1. The monoisotopic (exact) mass is 504 g/mol. The lowest BCUT2D eigenvalue weighted by atomic mass is 9.93. The van der Waals surface area contributed by atoms with Gasteiger partial charge in [0, 0.05) is 23.5 Å². The summed E-state index contributed by atoms with van der Waals surface area (Å²) >= 11 is 0. The van der Waals surface area contributed by atoms with Crippen molar-refractivity contribution in [1.82, 2.24) is 4.57 Å². The average molecular weight is 504 g/mol. The molecule has 184 valence electrons. The van der Waals surface area contributed by atoms with Gasteiger partial charge in [-0.3, -0.25) is 19.1 Å². The second kappa shape index (κ2) is 11.0. The molecule has 0 aliphatic heterocycles. The Morgan fingerprint density at radius 2 is 1.73 bits per heavy atom. The summed E-state index contributed by atoms with van der Waals surface area (Å²) < 4.78 is 33.2. The van der Waals surface area contributed by atoms with E-state index in [1.165, 1.54) is 12.1 Å². The molecule has 0 aliphatic rings. The van der Waals surface area contributed by atoms with E-state index in [2.05, 4.69) is 22.9 Å². The summed E-state index contributed by atoms with van der Waals surface area (Å²) in [6.45, 7) is 5.63. The number of phosphoric acid groups is 2. The highest BCUT2D eigenvalue weighted by molar-refractivity contribution is 7.46.